The molecule has 1 fully saturated rings. The van der Waals surface area contributed by atoms with Crippen LogP contribution >= 0.6 is 0 Å². The van der Waals surface area contributed by atoms with Gasteiger partial charge in [0.25, 0.3) is 0 Å². The summed E-state index contributed by atoms with van der Waals surface area (Å²) in [5.74, 6) is -0.256. The van der Waals surface area contributed by atoms with Crippen LogP contribution in [0.4, 0.5) is 5.69 Å². The number of hydrogen-bond acceptors (Lipinski definition) is 4. The van der Waals surface area contributed by atoms with Crippen molar-refractivity contribution in [2.24, 2.45) is 0 Å². The monoisotopic (exact) mass is 255 g/mol. The van der Waals surface area contributed by atoms with Crippen LogP contribution in [0.1, 0.15) is 6.42 Å². The van der Waals surface area contributed by atoms with Gasteiger partial charge in [-0.2, -0.15) is 0 Å². The largest absolute Gasteiger partial charge is 0.391 e. The maximum atomic E-state index is 11.6. The zero-order valence-corrected chi connectivity index (χ0v) is 10.1. The Balaban J connectivity index is 2.50. The molecular weight excluding hydrogens is 242 g/mol. The van der Waals surface area contributed by atoms with Gasteiger partial charge in [-0.3, -0.25) is 4.79 Å². The Morgan fingerprint density at radius 2 is 2.00 bits per heavy atom. The van der Waals surface area contributed by atoms with Gasteiger partial charge < -0.3 is 10.0 Å². The number of sulfone groups is 1. The van der Waals surface area contributed by atoms with E-state index in [1.807, 2.05) is 0 Å². The van der Waals surface area contributed by atoms with Gasteiger partial charge in [0.2, 0.25) is 5.91 Å². The molecule has 1 aliphatic rings. The normalized spacial score (nSPS) is 20.9. The van der Waals surface area contributed by atoms with Crippen molar-refractivity contribution in [3.05, 3.63) is 24.3 Å². The summed E-state index contributed by atoms with van der Waals surface area (Å²) in [6.07, 6.45) is 0.413. The van der Waals surface area contributed by atoms with Crippen LogP contribution in [-0.2, 0) is 14.6 Å². The van der Waals surface area contributed by atoms with Crippen LogP contribution in [-0.4, -0.2) is 38.3 Å². The van der Waals surface area contributed by atoms with E-state index in [9.17, 15) is 18.3 Å². The van der Waals surface area contributed by atoms with Crippen molar-refractivity contribution >= 4 is 21.4 Å². The molecule has 1 aromatic rings. The van der Waals surface area contributed by atoms with Crippen molar-refractivity contribution in [3.63, 3.8) is 0 Å². The van der Waals surface area contributed by atoms with Gasteiger partial charge in [0, 0.05) is 6.26 Å². The Bertz CT molecular complexity index is 552. The molecule has 1 N–H and O–H groups in total. The van der Waals surface area contributed by atoms with E-state index in [0.717, 1.165) is 6.26 Å². The van der Waals surface area contributed by atoms with Crippen molar-refractivity contribution in [1.82, 2.24) is 0 Å². The first-order valence-corrected chi connectivity index (χ1v) is 7.06. The highest BCUT2D eigenvalue weighted by molar-refractivity contribution is 7.90. The van der Waals surface area contributed by atoms with Crippen molar-refractivity contribution in [1.29, 1.82) is 0 Å². The van der Waals surface area contributed by atoms with E-state index >= 15 is 0 Å². The summed E-state index contributed by atoms with van der Waals surface area (Å²) < 4.78 is 23.2. The highest BCUT2D eigenvalue weighted by Gasteiger charge is 2.31. The number of β-amino-alcohol motifs (C(OH)–C–C–N with tert-alkyl or cyclic N) is 1. The number of carbonyl (C=O) groups excluding carboxylic acids is 1. The minimum atomic E-state index is -3.39. The van der Waals surface area contributed by atoms with Crippen LogP contribution in [0.25, 0.3) is 0 Å². The van der Waals surface area contributed by atoms with Crippen molar-refractivity contribution in [2.45, 2.75) is 17.4 Å². The fraction of sp³-hybridized carbons (Fsp3) is 0.364. The highest BCUT2D eigenvalue weighted by atomic mass is 32.2. The number of amides is 1. The molecule has 1 heterocycles. The predicted octanol–water partition coefficient (Wildman–Crippen LogP) is 0.188. The number of aliphatic hydroxyl groups is 1. The molecule has 0 aliphatic carbocycles. The molecule has 92 valence electrons. The van der Waals surface area contributed by atoms with Crippen LogP contribution < -0.4 is 4.90 Å². The van der Waals surface area contributed by atoms with Gasteiger partial charge in [-0.15, -0.1) is 0 Å². The molecular formula is C11H13NO4S. The number of anilines is 1. The summed E-state index contributed by atoms with van der Waals surface area (Å²) in [5, 5.41) is 9.41. The summed E-state index contributed by atoms with van der Waals surface area (Å²) in [7, 11) is -3.39. The summed E-state index contributed by atoms with van der Waals surface area (Å²) >= 11 is 0. The Morgan fingerprint density at radius 3 is 2.53 bits per heavy atom. The molecule has 0 radical (unpaired) electrons. The molecule has 0 spiro atoms. The summed E-state index contributed by atoms with van der Waals surface area (Å²) in [5.41, 5.74) is 0.344. The maximum absolute atomic E-state index is 11.6. The SMILES string of the molecule is CS(=O)(=O)c1ccccc1N1CC(O)CC1=O. The van der Waals surface area contributed by atoms with Gasteiger partial charge in [0.15, 0.2) is 9.84 Å². The van der Waals surface area contributed by atoms with E-state index in [2.05, 4.69) is 0 Å². The molecule has 0 saturated carbocycles. The van der Waals surface area contributed by atoms with Crippen LogP contribution in [0.5, 0.6) is 0 Å². The lowest BCUT2D eigenvalue weighted by atomic mass is 10.3. The number of hydrogen-bond donors (Lipinski definition) is 1. The number of benzene rings is 1. The second kappa shape index (κ2) is 4.12. The van der Waals surface area contributed by atoms with E-state index < -0.39 is 15.9 Å². The minimum Gasteiger partial charge on any atom is -0.391 e. The second-order valence-corrected chi connectivity index (χ2v) is 6.09. The summed E-state index contributed by atoms with van der Waals surface area (Å²) in [6.45, 7) is 0.144. The molecule has 2 rings (SSSR count). The van der Waals surface area contributed by atoms with Crippen LogP contribution in [0.15, 0.2) is 29.2 Å². The Labute approximate surface area is 99.6 Å². The van der Waals surface area contributed by atoms with Gasteiger partial charge >= 0.3 is 0 Å². The average Bonchev–Trinajstić information content (AvgIpc) is 2.56. The molecule has 17 heavy (non-hydrogen) atoms. The smallest absolute Gasteiger partial charge is 0.229 e. The molecule has 1 unspecified atom stereocenters. The zero-order chi connectivity index (χ0) is 12.6. The lowest BCUT2D eigenvalue weighted by Gasteiger charge is -2.18. The Hall–Kier alpha value is -1.40. The average molecular weight is 255 g/mol. The first-order chi connectivity index (χ1) is 7.89. The second-order valence-electron chi connectivity index (χ2n) is 4.10. The molecule has 0 bridgehead atoms. The number of aliphatic hydroxyl groups excluding tert-OH is 1. The van der Waals surface area contributed by atoms with E-state index in [1.165, 1.54) is 11.0 Å². The van der Waals surface area contributed by atoms with Gasteiger partial charge in [-0.25, -0.2) is 8.42 Å². The summed E-state index contributed by atoms with van der Waals surface area (Å²) in [4.78, 5) is 13.1. The third-order valence-electron chi connectivity index (χ3n) is 2.66. The zero-order valence-electron chi connectivity index (χ0n) is 9.33. The number of para-hydroxylation sites is 1. The van der Waals surface area contributed by atoms with Crippen LogP contribution in [0.2, 0.25) is 0 Å². The third kappa shape index (κ3) is 2.32. The molecule has 1 saturated heterocycles. The quantitative estimate of drug-likeness (QED) is 0.818. The van der Waals surface area contributed by atoms with Crippen LogP contribution in [0.3, 0.4) is 0 Å². The predicted molar refractivity (Wildman–Crippen MR) is 62.5 cm³/mol. The van der Waals surface area contributed by atoms with E-state index in [-0.39, 0.29) is 23.8 Å². The van der Waals surface area contributed by atoms with Gasteiger partial charge in [0.1, 0.15) is 0 Å². The molecule has 1 atom stereocenters. The van der Waals surface area contributed by atoms with Crippen LogP contribution in [0, 0.1) is 0 Å². The number of nitrogens with zero attached hydrogens (tertiary/aromatic N) is 1. The molecule has 5 nitrogen and oxygen atoms in total. The summed E-state index contributed by atoms with van der Waals surface area (Å²) in [6, 6.07) is 6.31. The first kappa shape index (κ1) is 12.1. The maximum Gasteiger partial charge on any atom is 0.229 e. The van der Waals surface area contributed by atoms with Crippen molar-refractivity contribution in [3.8, 4) is 0 Å². The van der Waals surface area contributed by atoms with E-state index in [0.29, 0.717) is 5.69 Å². The highest BCUT2D eigenvalue weighted by Crippen LogP contribution is 2.28. The standard InChI is InChI=1S/C11H13NO4S/c1-17(15,16)10-5-3-2-4-9(10)12-7-8(13)6-11(12)14/h2-5,8,13H,6-7H2,1H3. The topological polar surface area (TPSA) is 74.7 Å². The van der Waals surface area contributed by atoms with Crippen molar-refractivity contribution < 1.29 is 18.3 Å². The third-order valence-corrected chi connectivity index (χ3v) is 3.80. The van der Waals surface area contributed by atoms with E-state index in [4.69, 9.17) is 0 Å². The van der Waals surface area contributed by atoms with E-state index in [1.54, 1.807) is 18.2 Å². The van der Waals surface area contributed by atoms with Gasteiger partial charge in [-0.1, -0.05) is 12.1 Å². The van der Waals surface area contributed by atoms with Crippen molar-refractivity contribution in [2.75, 3.05) is 17.7 Å². The lowest BCUT2D eigenvalue weighted by molar-refractivity contribution is -0.117. The lowest BCUT2D eigenvalue weighted by Crippen LogP contribution is -2.26. The molecule has 1 amide bonds. The Kier molecular flexibility index (Phi) is 2.92. The fourth-order valence-corrected chi connectivity index (χ4v) is 2.80. The molecule has 0 aromatic heterocycles. The molecule has 1 aromatic carbocycles. The van der Waals surface area contributed by atoms with Gasteiger partial charge in [-0.05, 0) is 12.1 Å². The molecule has 6 heteroatoms. The first-order valence-electron chi connectivity index (χ1n) is 5.17. The fourth-order valence-electron chi connectivity index (χ4n) is 1.92. The van der Waals surface area contributed by atoms with Gasteiger partial charge in [0.05, 0.1) is 29.7 Å². The number of rotatable bonds is 2. The Morgan fingerprint density at radius 1 is 1.35 bits per heavy atom. The minimum absolute atomic E-state index is 0.0398. The number of carbonyl (C=O) groups is 1. The molecule has 1 aliphatic heterocycles.